The van der Waals surface area contributed by atoms with Crippen LogP contribution in [-0.2, 0) is 16.0 Å². The Morgan fingerprint density at radius 1 is 0.778 bits per heavy atom. The van der Waals surface area contributed by atoms with E-state index in [-0.39, 0.29) is 17.8 Å². The number of halogens is 2. The number of aryl methyl sites for hydroxylation is 2. The van der Waals surface area contributed by atoms with Gasteiger partial charge in [-0.3, -0.25) is 14.7 Å². The number of ether oxygens (including phenoxy) is 2. The molecule has 2 aromatic heterocycles. The Bertz CT molecular complexity index is 1270. The van der Waals surface area contributed by atoms with E-state index >= 15 is 0 Å². The van der Waals surface area contributed by atoms with E-state index in [9.17, 15) is 14.4 Å². The van der Waals surface area contributed by atoms with Crippen molar-refractivity contribution in [2.75, 3.05) is 52.4 Å². The number of rotatable bonds is 3. The lowest BCUT2D eigenvalue weighted by Crippen LogP contribution is -2.49. The number of carbonyl (C=O) groups excluding carboxylic acids is 3. The molecule has 2 amide bonds. The monoisotopic (exact) mass is 754 g/mol. The Labute approximate surface area is 284 Å². The third kappa shape index (κ3) is 15.0. The highest BCUT2D eigenvalue weighted by Gasteiger charge is 2.26. The molecular weight excluding hydrogens is 708 g/mol. The zero-order valence-corrected chi connectivity index (χ0v) is 31.0. The minimum Gasteiger partial charge on any atom is -0.444 e. The summed E-state index contributed by atoms with van der Waals surface area (Å²) >= 11 is 6.75. The number of nitrogens with zero attached hydrogens (tertiary/aromatic N) is 5. The van der Waals surface area contributed by atoms with Crippen LogP contribution in [0, 0.1) is 13.8 Å². The minimum absolute atomic E-state index is 0.200. The molecule has 250 valence electrons. The van der Waals surface area contributed by atoms with Gasteiger partial charge in [-0.25, -0.2) is 14.6 Å². The van der Waals surface area contributed by atoms with Gasteiger partial charge in [-0.15, -0.1) is 0 Å². The summed E-state index contributed by atoms with van der Waals surface area (Å²) in [7, 11) is 0. The molecular formula is C32H48Br2N6O5. The Kier molecular flexibility index (Phi) is 15.4. The number of aldehydes is 1. The Hall–Kier alpha value is -2.61. The smallest absolute Gasteiger partial charge is 0.410 e. The van der Waals surface area contributed by atoms with Crippen molar-refractivity contribution in [3.05, 3.63) is 56.0 Å². The molecule has 0 aliphatic carbocycles. The molecule has 4 rings (SSSR count). The van der Waals surface area contributed by atoms with Crippen molar-refractivity contribution in [2.24, 2.45) is 0 Å². The first kappa shape index (κ1) is 38.6. The molecule has 2 saturated heterocycles. The third-order valence-electron chi connectivity index (χ3n) is 6.42. The number of aromatic nitrogens is 2. The zero-order valence-electron chi connectivity index (χ0n) is 27.8. The number of pyridine rings is 2. The normalized spacial score (nSPS) is 15.6. The average molecular weight is 757 g/mol. The van der Waals surface area contributed by atoms with Crippen LogP contribution in [-0.4, -0.2) is 107 Å². The average Bonchev–Trinajstić information content (AvgIpc) is 2.96. The summed E-state index contributed by atoms with van der Waals surface area (Å²) in [5.74, 6) is 0. The Morgan fingerprint density at radius 2 is 1.24 bits per heavy atom. The summed E-state index contributed by atoms with van der Waals surface area (Å²) in [6.45, 7) is 22.3. The zero-order chi connectivity index (χ0) is 33.8. The van der Waals surface area contributed by atoms with Gasteiger partial charge in [-0.2, -0.15) is 0 Å². The lowest BCUT2D eigenvalue weighted by molar-refractivity contribution is 0.0137. The number of hydrogen-bond donors (Lipinski definition) is 1. The van der Waals surface area contributed by atoms with Gasteiger partial charge in [0.05, 0.1) is 17.1 Å². The van der Waals surface area contributed by atoms with Crippen molar-refractivity contribution >= 4 is 50.3 Å². The number of carbonyl (C=O) groups is 3. The topological polar surface area (TPSA) is 117 Å². The van der Waals surface area contributed by atoms with E-state index in [2.05, 4.69) is 52.0 Å². The van der Waals surface area contributed by atoms with Gasteiger partial charge in [0.2, 0.25) is 0 Å². The predicted octanol–water partition coefficient (Wildman–Crippen LogP) is 6.00. The van der Waals surface area contributed by atoms with Crippen molar-refractivity contribution in [1.82, 2.24) is 30.0 Å². The van der Waals surface area contributed by atoms with Crippen LogP contribution in [0.5, 0.6) is 0 Å². The van der Waals surface area contributed by atoms with Gasteiger partial charge in [0.15, 0.2) is 6.29 Å². The van der Waals surface area contributed by atoms with Gasteiger partial charge in [-0.1, -0.05) is 0 Å². The summed E-state index contributed by atoms with van der Waals surface area (Å²) in [6, 6.07) is 7.56. The molecule has 0 atom stereocenters. The first-order chi connectivity index (χ1) is 21.0. The van der Waals surface area contributed by atoms with E-state index in [4.69, 9.17) is 9.47 Å². The third-order valence-corrected chi connectivity index (χ3v) is 8.10. The molecule has 11 nitrogen and oxygen atoms in total. The molecule has 0 unspecified atom stereocenters. The van der Waals surface area contributed by atoms with Gasteiger partial charge in [-0.05, 0) is 112 Å². The SMILES string of the molecule is CC(C)(C)OC(=O)N1CCNCC1.Cc1nc(C=O)ccc1Br.Cc1nc(CN2CCN(C(=O)OC(C)(C)C)CC2)ccc1Br. The highest BCUT2D eigenvalue weighted by molar-refractivity contribution is 9.10. The van der Waals surface area contributed by atoms with Gasteiger partial charge in [0.1, 0.15) is 16.9 Å². The second kappa shape index (κ2) is 17.9. The fraction of sp³-hybridized carbons (Fsp3) is 0.594. The van der Waals surface area contributed by atoms with Crippen LogP contribution in [0.25, 0.3) is 0 Å². The number of amides is 2. The van der Waals surface area contributed by atoms with Crippen LogP contribution in [0.1, 0.15) is 69.1 Å². The van der Waals surface area contributed by atoms with Gasteiger partial charge >= 0.3 is 12.2 Å². The van der Waals surface area contributed by atoms with E-state index in [1.807, 2.05) is 73.6 Å². The second-order valence-corrected chi connectivity index (χ2v) is 14.5. The molecule has 0 bridgehead atoms. The quantitative estimate of drug-likeness (QED) is 0.377. The molecule has 0 spiro atoms. The van der Waals surface area contributed by atoms with Crippen molar-refractivity contribution in [3.63, 3.8) is 0 Å². The molecule has 2 fully saturated rings. The summed E-state index contributed by atoms with van der Waals surface area (Å²) in [5, 5.41) is 3.18. The van der Waals surface area contributed by atoms with Crippen LogP contribution >= 0.6 is 31.9 Å². The van der Waals surface area contributed by atoms with Crippen LogP contribution < -0.4 is 5.32 Å². The molecule has 0 radical (unpaired) electrons. The van der Waals surface area contributed by atoms with Crippen molar-refractivity contribution in [3.8, 4) is 0 Å². The highest BCUT2D eigenvalue weighted by atomic mass is 79.9. The van der Waals surface area contributed by atoms with Gasteiger partial charge in [0.25, 0.3) is 0 Å². The van der Waals surface area contributed by atoms with Crippen molar-refractivity contribution in [1.29, 1.82) is 0 Å². The maximum Gasteiger partial charge on any atom is 0.410 e. The van der Waals surface area contributed by atoms with E-state index in [1.165, 1.54) is 0 Å². The Balaban J connectivity index is 0.000000259. The maximum atomic E-state index is 12.0. The molecule has 1 N–H and O–H groups in total. The van der Waals surface area contributed by atoms with E-state index in [0.29, 0.717) is 18.8 Å². The number of hydrogen-bond acceptors (Lipinski definition) is 9. The predicted molar refractivity (Wildman–Crippen MR) is 182 cm³/mol. The van der Waals surface area contributed by atoms with Crippen molar-refractivity contribution < 1.29 is 23.9 Å². The number of nitrogens with one attached hydrogen (secondary N) is 1. The molecule has 0 saturated carbocycles. The molecule has 4 heterocycles. The minimum atomic E-state index is -0.437. The standard InChI is InChI=1S/C16H24BrN3O2.C9H18N2O2.C7H6BrNO/c1-12-14(17)6-5-13(18-12)11-19-7-9-20(10-8-19)15(21)22-16(2,3)4;1-9(2,3)13-8(12)11-6-4-10-5-7-11;1-5-7(8)3-2-6(4-10)9-5/h5-6H,7-11H2,1-4H3;10H,4-7H2,1-3H3;2-4H,1H3. The lowest BCUT2D eigenvalue weighted by atomic mass is 10.2. The summed E-state index contributed by atoms with van der Waals surface area (Å²) in [5.41, 5.74) is 2.55. The van der Waals surface area contributed by atoms with Crippen molar-refractivity contribution in [2.45, 2.75) is 73.1 Å². The summed E-state index contributed by atoms with van der Waals surface area (Å²) < 4.78 is 12.6. The van der Waals surface area contributed by atoms with E-state index in [1.54, 1.807) is 15.9 Å². The molecule has 2 aliphatic heterocycles. The summed E-state index contributed by atoms with van der Waals surface area (Å²) in [4.78, 5) is 48.1. The molecule has 13 heteroatoms. The fourth-order valence-electron chi connectivity index (χ4n) is 4.13. The largest absolute Gasteiger partial charge is 0.444 e. The van der Waals surface area contributed by atoms with E-state index in [0.717, 1.165) is 78.1 Å². The fourth-order valence-corrected chi connectivity index (χ4v) is 4.57. The molecule has 2 aromatic rings. The van der Waals surface area contributed by atoms with Crippen LogP contribution in [0.15, 0.2) is 33.2 Å². The number of piperazine rings is 2. The molecule has 0 aromatic carbocycles. The summed E-state index contributed by atoms with van der Waals surface area (Å²) in [6.07, 6.45) is 0.318. The molecule has 2 aliphatic rings. The van der Waals surface area contributed by atoms with E-state index < -0.39 is 5.60 Å². The Morgan fingerprint density at radius 3 is 1.69 bits per heavy atom. The first-order valence-corrected chi connectivity index (χ1v) is 16.7. The highest BCUT2D eigenvalue weighted by Crippen LogP contribution is 2.17. The second-order valence-electron chi connectivity index (χ2n) is 12.8. The maximum absolute atomic E-state index is 12.0. The van der Waals surface area contributed by atoms with Crippen LogP contribution in [0.4, 0.5) is 9.59 Å². The van der Waals surface area contributed by atoms with Gasteiger partial charge < -0.3 is 24.6 Å². The first-order valence-electron chi connectivity index (χ1n) is 15.1. The molecule has 45 heavy (non-hydrogen) atoms. The van der Waals surface area contributed by atoms with Crippen LogP contribution in [0.3, 0.4) is 0 Å². The van der Waals surface area contributed by atoms with Gasteiger partial charge in [0, 0.05) is 67.8 Å². The van der Waals surface area contributed by atoms with Crippen LogP contribution in [0.2, 0.25) is 0 Å². The lowest BCUT2D eigenvalue weighted by Gasteiger charge is -2.35.